The first kappa shape index (κ1) is 21.8. The van der Waals surface area contributed by atoms with E-state index < -0.39 is 53.6 Å². The van der Waals surface area contributed by atoms with Gasteiger partial charge < -0.3 is 5.11 Å². The van der Waals surface area contributed by atoms with Crippen molar-refractivity contribution in [1.29, 1.82) is 0 Å². The normalized spacial score (nSPS) is 14.9. The van der Waals surface area contributed by atoms with Crippen molar-refractivity contribution < 1.29 is 36.2 Å². The highest BCUT2D eigenvalue weighted by Gasteiger charge is 2.49. The summed E-state index contributed by atoms with van der Waals surface area (Å²) in [7, 11) is 0. The van der Waals surface area contributed by atoms with Gasteiger partial charge in [-0.2, -0.15) is 26.3 Å². The van der Waals surface area contributed by atoms with E-state index in [2.05, 4.69) is 0 Å². The molecule has 0 aliphatic rings. The minimum absolute atomic E-state index is 0.384. The first-order valence-corrected chi connectivity index (χ1v) is 7.25. The number of Topliss-reactive ketones (excluding diaryl/α,β-unsaturated/α-hetero) is 1. The summed E-state index contributed by atoms with van der Waals surface area (Å²) in [5.74, 6) is -2.30. The first-order valence-electron chi connectivity index (χ1n) is 7.25. The number of carbonyl (C=O) groups is 1. The van der Waals surface area contributed by atoms with E-state index >= 15 is 0 Å². The van der Waals surface area contributed by atoms with Crippen molar-refractivity contribution in [1.82, 2.24) is 0 Å². The fourth-order valence-corrected chi connectivity index (χ4v) is 2.65. The van der Waals surface area contributed by atoms with Crippen LogP contribution in [0.3, 0.4) is 0 Å². The van der Waals surface area contributed by atoms with Gasteiger partial charge in [0.15, 0.2) is 5.78 Å². The lowest BCUT2D eigenvalue weighted by molar-refractivity contribution is -0.190. The number of carbonyl (C=O) groups excluding carboxylic acids is 1. The third-order valence-electron chi connectivity index (χ3n) is 3.83. The van der Waals surface area contributed by atoms with Crippen molar-refractivity contribution in [2.75, 3.05) is 0 Å². The molecule has 0 saturated carbocycles. The van der Waals surface area contributed by atoms with Crippen LogP contribution in [0.4, 0.5) is 26.3 Å². The maximum absolute atomic E-state index is 12.7. The highest BCUT2D eigenvalue weighted by molar-refractivity contribution is 5.97. The Morgan fingerprint density at radius 2 is 1.30 bits per heavy atom. The highest BCUT2D eigenvalue weighted by Crippen LogP contribution is 2.46. The van der Waals surface area contributed by atoms with Crippen LogP contribution in [0.15, 0.2) is 11.3 Å². The van der Waals surface area contributed by atoms with Crippen molar-refractivity contribution in [3.05, 3.63) is 11.3 Å². The summed E-state index contributed by atoms with van der Waals surface area (Å²) in [6.07, 6.45) is -12.8. The van der Waals surface area contributed by atoms with E-state index in [0.717, 1.165) is 6.92 Å². The molecule has 0 atom stereocenters. The number of alkyl halides is 6. The van der Waals surface area contributed by atoms with Crippen molar-refractivity contribution in [2.45, 2.75) is 65.7 Å². The molecule has 0 aromatic carbocycles. The number of hydrogen-bond acceptors (Lipinski definition) is 2. The van der Waals surface area contributed by atoms with Crippen molar-refractivity contribution in [2.24, 2.45) is 11.3 Å². The Hall–Kier alpha value is -1.21. The molecule has 0 aromatic rings. The monoisotopic (exact) mass is 348 g/mol. The molecule has 0 unspecified atom stereocenters. The van der Waals surface area contributed by atoms with E-state index in [0.29, 0.717) is 19.8 Å². The van der Waals surface area contributed by atoms with Gasteiger partial charge in [0, 0.05) is 16.9 Å². The molecule has 0 bridgehead atoms. The molecule has 2 nitrogen and oxygen atoms in total. The zero-order valence-electron chi connectivity index (χ0n) is 13.5. The van der Waals surface area contributed by atoms with Crippen LogP contribution in [0.25, 0.3) is 0 Å². The number of rotatable bonds is 7. The van der Waals surface area contributed by atoms with Gasteiger partial charge in [0.2, 0.25) is 0 Å². The fourth-order valence-electron chi connectivity index (χ4n) is 2.65. The molecular formula is C15H22F6O2. The van der Waals surface area contributed by atoms with Crippen molar-refractivity contribution in [3.8, 4) is 0 Å². The largest absolute Gasteiger partial charge is 0.511 e. The van der Waals surface area contributed by atoms with Crippen LogP contribution < -0.4 is 0 Å². The van der Waals surface area contributed by atoms with E-state index in [4.69, 9.17) is 0 Å². The Kier molecular flexibility index (Phi) is 7.17. The number of hydrogen-bond donors (Lipinski definition) is 1. The maximum Gasteiger partial charge on any atom is 0.390 e. The summed E-state index contributed by atoms with van der Waals surface area (Å²) in [6.45, 7) is 5.11. The number of halogens is 6. The molecule has 0 spiro atoms. The Labute approximate surface area is 131 Å². The topological polar surface area (TPSA) is 37.3 Å². The summed E-state index contributed by atoms with van der Waals surface area (Å²) < 4.78 is 75.9. The van der Waals surface area contributed by atoms with Gasteiger partial charge in [-0.3, -0.25) is 4.79 Å². The number of aliphatic hydroxyl groups is 1. The Bertz CT molecular complexity index is 428. The van der Waals surface area contributed by atoms with Gasteiger partial charge in [-0.1, -0.05) is 20.8 Å². The number of aliphatic hydroxyl groups excluding tert-OH is 1. The predicted octanol–water partition coefficient (Wildman–Crippen LogP) is 5.73. The second-order valence-corrected chi connectivity index (χ2v) is 6.00. The fraction of sp³-hybridized carbons (Fsp3) is 0.800. The molecule has 0 aliphatic heterocycles. The molecule has 0 saturated heterocycles. The summed E-state index contributed by atoms with van der Waals surface area (Å²) in [4.78, 5) is 12.1. The third kappa shape index (κ3) is 6.83. The molecular weight excluding hydrogens is 326 g/mol. The molecule has 0 aliphatic carbocycles. The van der Waals surface area contributed by atoms with Gasteiger partial charge in [-0.25, -0.2) is 0 Å². The third-order valence-corrected chi connectivity index (χ3v) is 3.83. The van der Waals surface area contributed by atoms with Crippen LogP contribution in [-0.2, 0) is 4.79 Å². The van der Waals surface area contributed by atoms with E-state index in [1.807, 2.05) is 0 Å². The summed E-state index contributed by atoms with van der Waals surface area (Å²) in [6, 6.07) is 0. The molecule has 136 valence electrons. The van der Waals surface area contributed by atoms with Crippen LogP contribution in [0.5, 0.6) is 0 Å². The first-order chi connectivity index (χ1) is 10.2. The van der Waals surface area contributed by atoms with E-state index in [9.17, 15) is 36.2 Å². The lowest BCUT2D eigenvalue weighted by Gasteiger charge is -2.32. The molecule has 0 radical (unpaired) electrons. The molecule has 0 aromatic heterocycles. The van der Waals surface area contributed by atoms with Gasteiger partial charge in [0.05, 0.1) is 12.8 Å². The van der Waals surface area contributed by atoms with Crippen LogP contribution >= 0.6 is 0 Å². The summed E-state index contributed by atoms with van der Waals surface area (Å²) in [5.41, 5.74) is -3.06. The van der Waals surface area contributed by atoms with Crippen LogP contribution in [0.2, 0.25) is 0 Å². The molecule has 0 amide bonds. The lowest BCUT2D eigenvalue weighted by atomic mass is 9.77. The standard InChI is InChI=1S/C15H22F6O2/c1-5-10(6-2)11(22)9(3)12(23)13(4,7-14(16,17)18)8-15(19,20)21/h10,23H,5-8H2,1-4H3. The van der Waals surface area contributed by atoms with Crippen molar-refractivity contribution >= 4 is 5.78 Å². The maximum atomic E-state index is 12.7. The van der Waals surface area contributed by atoms with Gasteiger partial charge in [0.1, 0.15) is 5.76 Å². The predicted molar refractivity (Wildman–Crippen MR) is 73.9 cm³/mol. The number of allylic oxidation sites excluding steroid dienone is 2. The van der Waals surface area contributed by atoms with Gasteiger partial charge in [0.25, 0.3) is 0 Å². The molecule has 0 fully saturated rings. The van der Waals surface area contributed by atoms with Crippen molar-refractivity contribution in [3.63, 3.8) is 0 Å². The van der Waals surface area contributed by atoms with Crippen LogP contribution in [-0.4, -0.2) is 23.2 Å². The minimum Gasteiger partial charge on any atom is -0.511 e. The molecule has 0 heterocycles. The van der Waals surface area contributed by atoms with Gasteiger partial charge in [-0.15, -0.1) is 0 Å². The highest BCUT2D eigenvalue weighted by atomic mass is 19.4. The van der Waals surface area contributed by atoms with E-state index in [1.54, 1.807) is 13.8 Å². The molecule has 23 heavy (non-hydrogen) atoms. The SMILES string of the molecule is CCC(CC)C(=O)C(C)=C(O)C(C)(CC(F)(F)F)CC(F)(F)F. The average molecular weight is 348 g/mol. The number of ketones is 1. The Morgan fingerprint density at radius 1 is 0.957 bits per heavy atom. The van der Waals surface area contributed by atoms with E-state index in [1.165, 1.54) is 0 Å². The Balaban J connectivity index is 5.87. The quantitative estimate of drug-likeness (QED) is 0.362. The van der Waals surface area contributed by atoms with Crippen LogP contribution in [0, 0.1) is 11.3 Å². The smallest absolute Gasteiger partial charge is 0.390 e. The molecule has 8 heteroatoms. The molecule has 1 N–H and O–H groups in total. The molecule has 0 rings (SSSR count). The Morgan fingerprint density at radius 3 is 1.57 bits per heavy atom. The zero-order valence-corrected chi connectivity index (χ0v) is 13.5. The second kappa shape index (κ2) is 7.57. The van der Waals surface area contributed by atoms with Gasteiger partial charge in [-0.05, 0) is 19.8 Å². The van der Waals surface area contributed by atoms with Gasteiger partial charge >= 0.3 is 12.4 Å². The second-order valence-electron chi connectivity index (χ2n) is 6.00. The minimum atomic E-state index is -4.91. The average Bonchev–Trinajstić information content (AvgIpc) is 2.33. The summed E-state index contributed by atoms with van der Waals surface area (Å²) in [5, 5.41) is 10.0. The summed E-state index contributed by atoms with van der Waals surface area (Å²) >= 11 is 0. The van der Waals surface area contributed by atoms with Crippen LogP contribution in [0.1, 0.15) is 53.4 Å². The lowest BCUT2D eigenvalue weighted by Crippen LogP contribution is -2.34. The van der Waals surface area contributed by atoms with E-state index in [-0.39, 0.29) is 0 Å². The zero-order chi connectivity index (χ0) is 18.6.